The van der Waals surface area contributed by atoms with E-state index in [-0.39, 0.29) is 5.78 Å². The molecule has 2 rings (SSSR count). The number of piperazine rings is 1. The summed E-state index contributed by atoms with van der Waals surface area (Å²) in [6, 6.07) is 7.90. The molecule has 1 aromatic carbocycles. The third-order valence-corrected chi connectivity index (χ3v) is 3.40. The van der Waals surface area contributed by atoms with Crippen LogP contribution in [-0.4, -0.2) is 43.4 Å². The van der Waals surface area contributed by atoms with Crippen molar-refractivity contribution in [3.63, 3.8) is 0 Å². The predicted octanol–water partition coefficient (Wildman–Crippen LogP) is 2.20. The lowest BCUT2D eigenvalue weighted by Gasteiger charge is -2.35. The molecule has 3 heteroatoms. The first-order valence-electron chi connectivity index (χ1n) is 6.40. The van der Waals surface area contributed by atoms with Crippen LogP contribution in [-0.2, 0) is 0 Å². The molecule has 0 atom stereocenters. The summed E-state index contributed by atoms with van der Waals surface area (Å²) < 4.78 is 0. The first kappa shape index (κ1) is 12.8. The topological polar surface area (TPSA) is 23.6 Å². The Kier molecular flexibility index (Phi) is 4.15. The summed E-state index contributed by atoms with van der Waals surface area (Å²) in [5, 5.41) is 0. The zero-order valence-corrected chi connectivity index (χ0v) is 10.9. The lowest BCUT2D eigenvalue weighted by atomic mass is 10.1. The summed E-state index contributed by atoms with van der Waals surface area (Å²) in [4.78, 5) is 16.0. The van der Waals surface area contributed by atoms with Gasteiger partial charge in [-0.15, -0.1) is 6.58 Å². The maximum atomic E-state index is 11.2. The molecule has 0 saturated carbocycles. The van der Waals surface area contributed by atoms with Gasteiger partial charge in [-0.05, 0) is 31.2 Å². The third-order valence-electron chi connectivity index (χ3n) is 3.40. The van der Waals surface area contributed by atoms with E-state index in [4.69, 9.17) is 0 Å². The zero-order valence-electron chi connectivity index (χ0n) is 10.9. The number of benzene rings is 1. The summed E-state index contributed by atoms with van der Waals surface area (Å²) in [5.74, 6) is 0.123. The molecule has 0 N–H and O–H groups in total. The van der Waals surface area contributed by atoms with Crippen LogP contribution in [0.3, 0.4) is 0 Å². The van der Waals surface area contributed by atoms with Crippen LogP contribution in [0.4, 0.5) is 5.69 Å². The maximum Gasteiger partial charge on any atom is 0.159 e. The Bertz CT molecular complexity index is 417. The van der Waals surface area contributed by atoms with E-state index in [0.717, 1.165) is 38.3 Å². The van der Waals surface area contributed by atoms with Crippen LogP contribution >= 0.6 is 0 Å². The fourth-order valence-corrected chi connectivity index (χ4v) is 2.28. The van der Waals surface area contributed by atoms with E-state index >= 15 is 0 Å². The standard InChI is InChI=1S/C15H20N2O/c1-3-8-16-9-11-17(12-10-16)15-6-4-14(5-7-15)13(2)18/h3-7H,1,8-12H2,2H3. The van der Waals surface area contributed by atoms with E-state index in [1.165, 1.54) is 5.69 Å². The van der Waals surface area contributed by atoms with Crippen LogP contribution < -0.4 is 4.90 Å². The van der Waals surface area contributed by atoms with Crippen molar-refractivity contribution in [2.24, 2.45) is 0 Å². The van der Waals surface area contributed by atoms with Gasteiger partial charge in [0.1, 0.15) is 0 Å². The van der Waals surface area contributed by atoms with Crippen LogP contribution in [0.1, 0.15) is 17.3 Å². The van der Waals surface area contributed by atoms with Crippen molar-refractivity contribution in [3.8, 4) is 0 Å². The molecule has 1 aromatic rings. The Balaban J connectivity index is 1.97. The van der Waals surface area contributed by atoms with Crippen LogP contribution in [0.15, 0.2) is 36.9 Å². The Labute approximate surface area is 109 Å². The second-order valence-electron chi connectivity index (χ2n) is 4.68. The van der Waals surface area contributed by atoms with Crippen molar-refractivity contribution in [1.29, 1.82) is 0 Å². The van der Waals surface area contributed by atoms with Crippen molar-refractivity contribution in [3.05, 3.63) is 42.5 Å². The van der Waals surface area contributed by atoms with Crippen molar-refractivity contribution < 1.29 is 4.79 Å². The molecule has 0 unspecified atom stereocenters. The summed E-state index contributed by atoms with van der Waals surface area (Å²) >= 11 is 0. The monoisotopic (exact) mass is 244 g/mol. The Hall–Kier alpha value is -1.61. The molecule has 0 amide bonds. The number of ketones is 1. The van der Waals surface area contributed by atoms with Gasteiger partial charge in [0.05, 0.1) is 0 Å². The zero-order chi connectivity index (χ0) is 13.0. The summed E-state index contributed by atoms with van der Waals surface area (Å²) in [6.07, 6.45) is 1.96. The largest absolute Gasteiger partial charge is 0.369 e. The fourth-order valence-electron chi connectivity index (χ4n) is 2.28. The maximum absolute atomic E-state index is 11.2. The molecule has 1 fully saturated rings. The van der Waals surface area contributed by atoms with E-state index < -0.39 is 0 Å². The number of carbonyl (C=O) groups is 1. The highest BCUT2D eigenvalue weighted by molar-refractivity contribution is 5.94. The van der Waals surface area contributed by atoms with Crippen molar-refractivity contribution in [2.45, 2.75) is 6.92 Å². The molecule has 0 spiro atoms. The third kappa shape index (κ3) is 2.99. The minimum atomic E-state index is 0.123. The van der Waals surface area contributed by atoms with Gasteiger partial charge in [0, 0.05) is 44.0 Å². The number of anilines is 1. The molecule has 0 aliphatic carbocycles. The number of hydrogen-bond donors (Lipinski definition) is 0. The number of hydrogen-bond acceptors (Lipinski definition) is 3. The number of Topliss-reactive ketones (excluding diaryl/α,β-unsaturated/α-hetero) is 1. The molecular weight excluding hydrogens is 224 g/mol. The Morgan fingerprint density at radius 1 is 1.22 bits per heavy atom. The van der Waals surface area contributed by atoms with Gasteiger partial charge in [0.25, 0.3) is 0 Å². The summed E-state index contributed by atoms with van der Waals surface area (Å²) in [6.45, 7) is 10.6. The van der Waals surface area contributed by atoms with Gasteiger partial charge in [0.15, 0.2) is 5.78 Å². The molecule has 1 aliphatic rings. The van der Waals surface area contributed by atoms with Gasteiger partial charge in [0.2, 0.25) is 0 Å². The van der Waals surface area contributed by atoms with Gasteiger partial charge in [-0.2, -0.15) is 0 Å². The van der Waals surface area contributed by atoms with Gasteiger partial charge < -0.3 is 4.90 Å². The Morgan fingerprint density at radius 2 is 1.83 bits per heavy atom. The average molecular weight is 244 g/mol. The van der Waals surface area contributed by atoms with Crippen LogP contribution in [0, 0.1) is 0 Å². The van der Waals surface area contributed by atoms with Crippen LogP contribution in [0.2, 0.25) is 0 Å². The highest BCUT2D eigenvalue weighted by Gasteiger charge is 2.16. The number of carbonyl (C=O) groups excluding carboxylic acids is 1. The SMILES string of the molecule is C=CCN1CCN(c2ccc(C(C)=O)cc2)CC1. The second kappa shape index (κ2) is 5.83. The molecule has 96 valence electrons. The molecular formula is C15H20N2O. The summed E-state index contributed by atoms with van der Waals surface area (Å²) in [5.41, 5.74) is 1.99. The molecule has 18 heavy (non-hydrogen) atoms. The molecule has 0 aromatic heterocycles. The van der Waals surface area contributed by atoms with E-state index in [9.17, 15) is 4.79 Å². The van der Waals surface area contributed by atoms with Gasteiger partial charge >= 0.3 is 0 Å². The first-order valence-corrected chi connectivity index (χ1v) is 6.40. The van der Waals surface area contributed by atoms with Gasteiger partial charge in [-0.3, -0.25) is 9.69 Å². The number of rotatable bonds is 4. The molecule has 3 nitrogen and oxygen atoms in total. The minimum Gasteiger partial charge on any atom is -0.369 e. The first-order chi connectivity index (χ1) is 8.70. The van der Waals surface area contributed by atoms with E-state index in [1.54, 1.807) is 6.92 Å². The predicted molar refractivity (Wildman–Crippen MR) is 75.3 cm³/mol. The molecule has 0 radical (unpaired) electrons. The van der Waals surface area contributed by atoms with Crippen LogP contribution in [0.5, 0.6) is 0 Å². The van der Waals surface area contributed by atoms with Crippen LogP contribution in [0.25, 0.3) is 0 Å². The van der Waals surface area contributed by atoms with Gasteiger partial charge in [-0.25, -0.2) is 0 Å². The quantitative estimate of drug-likeness (QED) is 0.599. The lowest BCUT2D eigenvalue weighted by Crippen LogP contribution is -2.46. The van der Waals surface area contributed by atoms with Crippen molar-refractivity contribution >= 4 is 11.5 Å². The molecule has 1 heterocycles. The fraction of sp³-hybridized carbons (Fsp3) is 0.400. The average Bonchev–Trinajstić information content (AvgIpc) is 2.40. The highest BCUT2D eigenvalue weighted by atomic mass is 16.1. The van der Waals surface area contributed by atoms with E-state index in [1.807, 2.05) is 30.3 Å². The minimum absolute atomic E-state index is 0.123. The second-order valence-corrected chi connectivity index (χ2v) is 4.68. The molecule has 1 saturated heterocycles. The molecule has 1 aliphatic heterocycles. The smallest absolute Gasteiger partial charge is 0.159 e. The van der Waals surface area contributed by atoms with E-state index in [0.29, 0.717) is 0 Å². The molecule has 0 bridgehead atoms. The summed E-state index contributed by atoms with van der Waals surface area (Å²) in [7, 11) is 0. The van der Waals surface area contributed by atoms with Crippen molar-refractivity contribution in [2.75, 3.05) is 37.6 Å². The normalized spacial score (nSPS) is 16.6. The lowest BCUT2D eigenvalue weighted by molar-refractivity contribution is 0.101. The van der Waals surface area contributed by atoms with Gasteiger partial charge in [-0.1, -0.05) is 6.08 Å². The highest BCUT2D eigenvalue weighted by Crippen LogP contribution is 2.17. The number of nitrogens with zero attached hydrogens (tertiary/aromatic N) is 2. The van der Waals surface area contributed by atoms with Crippen molar-refractivity contribution in [1.82, 2.24) is 4.90 Å². The Morgan fingerprint density at radius 3 is 2.33 bits per heavy atom. The van der Waals surface area contributed by atoms with E-state index in [2.05, 4.69) is 16.4 Å².